The number of piperazine rings is 2. The van der Waals surface area contributed by atoms with Gasteiger partial charge in [-0.15, -0.1) is 11.3 Å². The molecule has 0 saturated carbocycles. The smallest absolute Gasteiger partial charge is 0.338 e. The van der Waals surface area contributed by atoms with E-state index in [1.165, 1.54) is 25.6 Å². The number of ether oxygens (including phenoxy) is 4. The topological polar surface area (TPSA) is 159 Å². The SMILES string of the molecule is COC(=O)c1cc(OC(C)C)c2nc(Br)sc2c1.COC(=O)c1cc(OC(C)C)c2nc(N3CCN4C[C@@H](O)C[C@@H]4C3)sc2c1.O[C@H]1C[C@@H]2CNCCN2C1. The van der Waals surface area contributed by atoms with Crippen molar-refractivity contribution in [1.82, 2.24) is 25.1 Å². The number of nitrogens with one attached hydrogen (secondary N) is 1. The van der Waals surface area contributed by atoms with Gasteiger partial charge in [-0.05, 0) is 80.7 Å². The Labute approximate surface area is 337 Å². The van der Waals surface area contributed by atoms with Crippen molar-refractivity contribution in [3.63, 3.8) is 0 Å². The van der Waals surface area contributed by atoms with Gasteiger partial charge >= 0.3 is 11.9 Å². The summed E-state index contributed by atoms with van der Waals surface area (Å²) in [6.45, 7) is 15.4. The molecule has 4 aromatic rings. The second kappa shape index (κ2) is 18.4. The van der Waals surface area contributed by atoms with Gasteiger partial charge < -0.3 is 39.4 Å². The number of rotatable bonds is 7. The molecular weight excluding hydrogens is 812 g/mol. The molecule has 6 heterocycles. The number of carbonyl (C=O) groups is 2. The normalized spacial score (nSPS) is 22.5. The summed E-state index contributed by atoms with van der Waals surface area (Å²) >= 11 is 6.36. The summed E-state index contributed by atoms with van der Waals surface area (Å²) in [6, 6.07) is 7.95. The maximum atomic E-state index is 12.0. The van der Waals surface area contributed by atoms with Crippen LogP contribution in [0.5, 0.6) is 11.5 Å². The zero-order chi connectivity index (χ0) is 39.4. The zero-order valence-electron chi connectivity index (χ0n) is 32.1. The second-order valence-corrected chi connectivity index (χ2v) is 18.0. The Kier molecular flexibility index (Phi) is 13.9. The van der Waals surface area contributed by atoms with Gasteiger partial charge in [-0.3, -0.25) is 9.80 Å². The van der Waals surface area contributed by atoms with Gasteiger partial charge in [-0.1, -0.05) is 11.3 Å². The Morgan fingerprint density at radius 2 is 1.33 bits per heavy atom. The summed E-state index contributed by atoms with van der Waals surface area (Å²) in [5, 5.41) is 23.5. The van der Waals surface area contributed by atoms with Gasteiger partial charge in [0, 0.05) is 64.4 Å². The van der Waals surface area contributed by atoms with Crippen LogP contribution < -0.4 is 19.7 Å². The van der Waals surface area contributed by atoms with Crippen molar-refractivity contribution in [3.8, 4) is 11.5 Å². The van der Waals surface area contributed by atoms with Gasteiger partial charge in [0.05, 0.1) is 59.2 Å². The Balaban J connectivity index is 0.000000157. The predicted octanol–water partition coefficient (Wildman–Crippen LogP) is 4.78. The molecule has 0 radical (unpaired) electrons. The predicted molar refractivity (Wildman–Crippen MR) is 218 cm³/mol. The molecule has 0 aliphatic carbocycles. The van der Waals surface area contributed by atoms with Gasteiger partial charge in [0.2, 0.25) is 0 Å². The molecule has 14 nitrogen and oxygen atoms in total. The molecular formula is C38H51BrN6O8S2. The number of anilines is 1. The van der Waals surface area contributed by atoms with Crippen molar-refractivity contribution in [2.45, 2.75) is 77.0 Å². The van der Waals surface area contributed by atoms with Gasteiger partial charge in [-0.2, -0.15) is 0 Å². The summed E-state index contributed by atoms with van der Waals surface area (Å²) in [5.74, 6) is 0.453. The van der Waals surface area contributed by atoms with Crippen LogP contribution in [-0.4, -0.2) is 145 Å². The molecule has 4 fully saturated rings. The first-order chi connectivity index (χ1) is 26.3. The Hall–Kier alpha value is -3.16. The van der Waals surface area contributed by atoms with Crippen LogP contribution in [0.3, 0.4) is 0 Å². The highest BCUT2D eigenvalue weighted by Crippen LogP contribution is 2.38. The van der Waals surface area contributed by atoms with Crippen LogP contribution in [0.1, 0.15) is 61.3 Å². The van der Waals surface area contributed by atoms with E-state index in [4.69, 9.17) is 23.9 Å². The lowest BCUT2D eigenvalue weighted by atomic mass is 10.1. The molecule has 0 spiro atoms. The van der Waals surface area contributed by atoms with Crippen molar-refractivity contribution in [1.29, 1.82) is 0 Å². The highest BCUT2D eigenvalue weighted by Gasteiger charge is 2.36. The lowest BCUT2D eigenvalue weighted by Gasteiger charge is -2.37. The second-order valence-electron chi connectivity index (χ2n) is 14.6. The number of nitrogens with zero attached hydrogens (tertiary/aromatic N) is 5. The Morgan fingerprint density at radius 1 is 0.782 bits per heavy atom. The minimum absolute atomic E-state index is 0.0153. The third-order valence-electron chi connectivity index (χ3n) is 9.78. The van der Waals surface area contributed by atoms with Crippen LogP contribution in [0.2, 0.25) is 0 Å². The number of carbonyl (C=O) groups excluding carboxylic acids is 2. The van der Waals surface area contributed by atoms with Crippen LogP contribution >= 0.6 is 38.6 Å². The molecule has 0 unspecified atom stereocenters. The van der Waals surface area contributed by atoms with Crippen LogP contribution in [0.15, 0.2) is 28.2 Å². The van der Waals surface area contributed by atoms with E-state index in [0.29, 0.717) is 34.7 Å². The minimum atomic E-state index is -0.381. The first-order valence-electron chi connectivity index (χ1n) is 18.7. The Bertz CT molecular complexity index is 1940. The van der Waals surface area contributed by atoms with Gasteiger partial charge in [-0.25, -0.2) is 19.6 Å². The van der Waals surface area contributed by atoms with E-state index in [1.807, 2.05) is 33.8 Å². The molecule has 55 heavy (non-hydrogen) atoms. The molecule has 2 aromatic heterocycles. The average Bonchev–Trinajstić information content (AvgIpc) is 3.93. The first kappa shape index (κ1) is 41.5. The number of thiazole rings is 2. The minimum Gasteiger partial charge on any atom is -0.489 e. The zero-order valence-corrected chi connectivity index (χ0v) is 35.3. The molecule has 0 amide bonds. The van der Waals surface area contributed by atoms with Crippen molar-refractivity contribution in [2.24, 2.45) is 0 Å². The molecule has 3 N–H and O–H groups in total. The molecule has 2 aromatic carbocycles. The first-order valence-corrected chi connectivity index (χ1v) is 21.1. The number of hydrogen-bond donors (Lipinski definition) is 3. The van der Waals surface area contributed by atoms with Crippen molar-refractivity contribution in [2.75, 3.05) is 71.5 Å². The molecule has 4 saturated heterocycles. The number of aliphatic hydroxyl groups excluding tert-OH is 2. The van der Waals surface area contributed by atoms with E-state index < -0.39 is 0 Å². The molecule has 8 rings (SSSR count). The fraction of sp³-hybridized carbons (Fsp3) is 0.579. The summed E-state index contributed by atoms with van der Waals surface area (Å²) in [5.41, 5.74) is 2.48. The molecule has 300 valence electrons. The monoisotopic (exact) mass is 862 g/mol. The summed E-state index contributed by atoms with van der Waals surface area (Å²) in [7, 11) is 2.74. The maximum absolute atomic E-state index is 12.0. The Morgan fingerprint density at radius 3 is 1.89 bits per heavy atom. The fourth-order valence-corrected chi connectivity index (χ4v) is 9.88. The molecule has 17 heteroatoms. The van der Waals surface area contributed by atoms with Crippen LogP contribution in [-0.2, 0) is 9.47 Å². The van der Waals surface area contributed by atoms with E-state index in [9.17, 15) is 19.8 Å². The highest BCUT2D eigenvalue weighted by molar-refractivity contribution is 9.11. The van der Waals surface area contributed by atoms with E-state index in [1.54, 1.807) is 29.5 Å². The van der Waals surface area contributed by atoms with E-state index in [-0.39, 0.29) is 36.4 Å². The van der Waals surface area contributed by atoms with E-state index >= 15 is 0 Å². The van der Waals surface area contributed by atoms with E-state index in [2.05, 4.69) is 40.9 Å². The van der Waals surface area contributed by atoms with Crippen molar-refractivity contribution in [3.05, 3.63) is 39.3 Å². The van der Waals surface area contributed by atoms with E-state index in [0.717, 1.165) is 94.7 Å². The molecule has 0 bridgehead atoms. The largest absolute Gasteiger partial charge is 0.489 e. The molecule has 4 atom stereocenters. The lowest BCUT2D eigenvalue weighted by molar-refractivity contribution is 0.0591. The number of esters is 2. The fourth-order valence-electron chi connectivity index (χ4n) is 7.38. The van der Waals surface area contributed by atoms with Crippen molar-refractivity contribution < 1.29 is 38.7 Å². The van der Waals surface area contributed by atoms with Crippen LogP contribution in [0.25, 0.3) is 20.4 Å². The quantitative estimate of drug-likeness (QED) is 0.218. The number of hydrogen-bond acceptors (Lipinski definition) is 16. The third-order valence-corrected chi connectivity index (χ3v) is 12.3. The highest BCUT2D eigenvalue weighted by atomic mass is 79.9. The molecule has 4 aliphatic rings. The lowest BCUT2D eigenvalue weighted by Crippen LogP contribution is -2.50. The average molecular weight is 864 g/mol. The summed E-state index contributed by atoms with van der Waals surface area (Å²) < 4.78 is 23.8. The standard InChI is InChI=1S/C19H25N3O4S.C12H12BrNO3S.C7H14N2O/c1-11(2)26-15-6-12(18(24)25-3)7-16-17(15)20-19(27-16)22-5-4-21-10-14(23)8-13(21)9-22;1-6(2)17-8-4-7(11(15)16-3)5-9-10(8)14-12(13)18-9;10-7-3-6-4-8-1-2-9(6)5-7/h6-7,11,13-14,23H,4-5,8-10H2,1-3H3;4-6H,1-3H3;6-8,10H,1-5H2/t13-,14+;;6-,7+/m1.1/s1. The number of aromatic nitrogens is 2. The summed E-state index contributed by atoms with van der Waals surface area (Å²) in [4.78, 5) is 39.8. The van der Waals surface area contributed by atoms with Crippen molar-refractivity contribution >= 4 is 76.1 Å². The third kappa shape index (κ3) is 10.2. The van der Waals surface area contributed by atoms with Crippen LogP contribution in [0, 0.1) is 0 Å². The number of aliphatic hydroxyl groups is 2. The van der Waals surface area contributed by atoms with Gasteiger partial charge in [0.15, 0.2) is 9.05 Å². The van der Waals surface area contributed by atoms with Gasteiger partial charge in [0.1, 0.15) is 22.5 Å². The number of halogens is 1. The number of benzene rings is 2. The van der Waals surface area contributed by atoms with Gasteiger partial charge in [0.25, 0.3) is 0 Å². The number of fused-ring (bicyclic) bond motifs is 4. The molecule has 4 aliphatic heterocycles. The maximum Gasteiger partial charge on any atom is 0.338 e. The number of methoxy groups -OCH3 is 2. The van der Waals surface area contributed by atoms with Crippen LogP contribution in [0.4, 0.5) is 5.13 Å². The summed E-state index contributed by atoms with van der Waals surface area (Å²) in [6.07, 6.45) is 1.49.